The predicted molar refractivity (Wildman–Crippen MR) is 68.9 cm³/mol. The Balaban J connectivity index is 2.83. The summed E-state index contributed by atoms with van der Waals surface area (Å²) < 4.78 is 28.9. The molecule has 0 saturated carbocycles. The zero-order valence-electron chi connectivity index (χ0n) is 10.8. The minimum atomic E-state index is -3.82. The summed E-state index contributed by atoms with van der Waals surface area (Å²) in [6, 6.07) is 6.40. The molecule has 0 unspecified atom stereocenters. The lowest BCUT2D eigenvalue weighted by molar-refractivity contribution is 0.0970. The Morgan fingerprint density at radius 1 is 1.28 bits per heavy atom. The van der Waals surface area contributed by atoms with Crippen LogP contribution in [-0.4, -0.2) is 51.8 Å². The number of nitrogens with zero attached hydrogens (tertiary/aromatic N) is 1. The van der Waals surface area contributed by atoms with Crippen LogP contribution in [-0.2, 0) is 14.3 Å². The van der Waals surface area contributed by atoms with Gasteiger partial charge in [0.2, 0.25) is 0 Å². The van der Waals surface area contributed by atoms with Crippen LogP contribution in [0.15, 0.2) is 29.2 Å². The molecule has 1 N–H and O–H groups in total. The molecule has 0 heterocycles. The van der Waals surface area contributed by atoms with Crippen molar-refractivity contribution in [1.29, 1.82) is 0 Å². The fourth-order valence-electron chi connectivity index (χ4n) is 1.47. The molecule has 0 bridgehead atoms. The highest BCUT2D eigenvalue weighted by Crippen LogP contribution is 2.15. The van der Waals surface area contributed by atoms with Gasteiger partial charge in [-0.25, -0.2) is 0 Å². The molecule has 1 rings (SSSR count). The quantitative estimate of drug-likeness (QED) is 0.770. The molecule has 1 aromatic carbocycles. The van der Waals surface area contributed by atoms with Crippen molar-refractivity contribution in [2.45, 2.75) is 17.9 Å². The van der Waals surface area contributed by atoms with Gasteiger partial charge in [-0.3, -0.25) is 4.18 Å². The number of aliphatic hydroxyl groups is 1. The van der Waals surface area contributed by atoms with Crippen molar-refractivity contribution in [2.24, 2.45) is 0 Å². The maximum Gasteiger partial charge on any atom is 0.297 e. The second kappa shape index (κ2) is 6.29. The molecule has 0 aliphatic heterocycles. The van der Waals surface area contributed by atoms with Crippen LogP contribution in [0.25, 0.3) is 0 Å². The van der Waals surface area contributed by atoms with Crippen LogP contribution in [0.4, 0.5) is 0 Å². The topological polar surface area (TPSA) is 66.8 Å². The van der Waals surface area contributed by atoms with Crippen LogP contribution in [0.1, 0.15) is 5.56 Å². The number of aliphatic hydroxyl groups excluding tert-OH is 1. The van der Waals surface area contributed by atoms with E-state index in [9.17, 15) is 8.42 Å². The van der Waals surface area contributed by atoms with E-state index < -0.39 is 16.2 Å². The van der Waals surface area contributed by atoms with Crippen LogP contribution in [0.2, 0.25) is 0 Å². The molecule has 0 aliphatic rings. The van der Waals surface area contributed by atoms with E-state index in [1.165, 1.54) is 12.1 Å². The van der Waals surface area contributed by atoms with Gasteiger partial charge in [0.05, 0.1) is 11.5 Å². The molecule has 6 heteroatoms. The first-order valence-electron chi connectivity index (χ1n) is 5.60. The normalized spacial score (nSPS) is 13.8. The van der Waals surface area contributed by atoms with Gasteiger partial charge < -0.3 is 10.0 Å². The number of benzene rings is 1. The summed E-state index contributed by atoms with van der Waals surface area (Å²) in [6.45, 7) is 1.87. The molecule has 5 nitrogen and oxygen atoms in total. The van der Waals surface area contributed by atoms with Crippen molar-refractivity contribution in [2.75, 3.05) is 27.2 Å². The summed E-state index contributed by atoms with van der Waals surface area (Å²) in [4.78, 5) is 1.86. The summed E-state index contributed by atoms with van der Waals surface area (Å²) in [5.74, 6) is 0. The molecule has 0 radical (unpaired) electrons. The summed E-state index contributed by atoms with van der Waals surface area (Å²) in [5.41, 5.74) is 0.973. The number of hydrogen-bond acceptors (Lipinski definition) is 5. The third-order valence-electron chi connectivity index (χ3n) is 2.34. The molecular formula is C12H19NO4S. The maximum absolute atomic E-state index is 11.9. The van der Waals surface area contributed by atoms with Gasteiger partial charge in [-0.05, 0) is 33.2 Å². The molecule has 0 saturated heterocycles. The van der Waals surface area contributed by atoms with Crippen molar-refractivity contribution in [3.05, 3.63) is 29.8 Å². The van der Waals surface area contributed by atoms with Crippen LogP contribution in [0.3, 0.4) is 0 Å². The fraction of sp³-hybridized carbons (Fsp3) is 0.500. The van der Waals surface area contributed by atoms with Crippen LogP contribution in [0.5, 0.6) is 0 Å². The van der Waals surface area contributed by atoms with E-state index in [-0.39, 0.29) is 11.5 Å². The van der Waals surface area contributed by atoms with E-state index in [0.29, 0.717) is 6.54 Å². The zero-order chi connectivity index (χ0) is 13.8. The first-order valence-corrected chi connectivity index (χ1v) is 7.01. The first kappa shape index (κ1) is 15.1. The predicted octanol–water partition coefficient (Wildman–Crippen LogP) is 0.623. The number of aryl methyl sites for hydroxylation is 1. The Morgan fingerprint density at radius 2 is 1.83 bits per heavy atom. The van der Waals surface area contributed by atoms with Gasteiger partial charge in [0.15, 0.2) is 0 Å². The minimum Gasteiger partial charge on any atom is -0.394 e. The molecule has 0 spiro atoms. The minimum absolute atomic E-state index is 0.102. The Hall–Kier alpha value is -0.950. The highest BCUT2D eigenvalue weighted by molar-refractivity contribution is 7.86. The molecule has 0 fully saturated rings. The van der Waals surface area contributed by atoms with Crippen molar-refractivity contribution in [1.82, 2.24) is 4.90 Å². The third-order valence-corrected chi connectivity index (χ3v) is 3.72. The van der Waals surface area contributed by atoms with E-state index in [1.54, 1.807) is 31.1 Å². The van der Waals surface area contributed by atoms with E-state index >= 15 is 0 Å². The molecule has 1 atom stereocenters. The van der Waals surface area contributed by atoms with E-state index in [4.69, 9.17) is 9.29 Å². The third kappa shape index (κ3) is 4.38. The van der Waals surface area contributed by atoms with Crippen molar-refractivity contribution in [3.63, 3.8) is 0 Å². The Bertz CT molecular complexity index is 467. The summed E-state index contributed by atoms with van der Waals surface area (Å²) >= 11 is 0. The van der Waals surface area contributed by atoms with Gasteiger partial charge >= 0.3 is 0 Å². The Labute approximate surface area is 108 Å². The maximum atomic E-state index is 11.9. The van der Waals surface area contributed by atoms with Crippen LogP contribution >= 0.6 is 0 Å². The van der Waals surface area contributed by atoms with Crippen molar-refractivity contribution < 1.29 is 17.7 Å². The van der Waals surface area contributed by atoms with E-state index in [1.807, 2.05) is 6.92 Å². The fourth-order valence-corrected chi connectivity index (χ4v) is 2.53. The molecule has 102 valence electrons. The summed E-state index contributed by atoms with van der Waals surface area (Å²) in [7, 11) is -0.256. The smallest absolute Gasteiger partial charge is 0.297 e. The monoisotopic (exact) mass is 273 g/mol. The van der Waals surface area contributed by atoms with Crippen molar-refractivity contribution in [3.8, 4) is 0 Å². The van der Waals surface area contributed by atoms with Gasteiger partial charge in [0.1, 0.15) is 6.10 Å². The second-order valence-electron chi connectivity index (χ2n) is 4.43. The van der Waals surface area contributed by atoms with Gasteiger partial charge in [-0.2, -0.15) is 8.42 Å². The molecule has 0 aromatic heterocycles. The number of hydrogen-bond donors (Lipinski definition) is 1. The Morgan fingerprint density at radius 3 is 2.28 bits per heavy atom. The number of rotatable bonds is 6. The average molecular weight is 273 g/mol. The highest BCUT2D eigenvalue weighted by Gasteiger charge is 2.21. The van der Waals surface area contributed by atoms with Crippen LogP contribution < -0.4 is 0 Å². The first-order chi connectivity index (χ1) is 8.35. The average Bonchev–Trinajstić information content (AvgIpc) is 2.27. The standard InChI is InChI=1S/C12H19NO4S/c1-10-4-6-12(7-5-10)18(15,16)17-11(9-14)8-13(2)3/h4-7,11,14H,8-9H2,1-3H3/t11-/m1/s1. The summed E-state index contributed by atoms with van der Waals surface area (Å²) in [6.07, 6.45) is -0.758. The zero-order valence-corrected chi connectivity index (χ0v) is 11.6. The van der Waals surface area contributed by atoms with E-state index in [0.717, 1.165) is 5.56 Å². The number of likely N-dealkylation sites (N-methyl/N-ethyl adjacent to an activating group) is 1. The molecule has 0 amide bonds. The molecule has 0 aliphatic carbocycles. The second-order valence-corrected chi connectivity index (χ2v) is 6.00. The lowest BCUT2D eigenvalue weighted by atomic mass is 10.2. The van der Waals surface area contributed by atoms with Gasteiger partial charge in [-0.15, -0.1) is 0 Å². The molecule has 18 heavy (non-hydrogen) atoms. The Kier molecular flexibility index (Phi) is 5.28. The lowest BCUT2D eigenvalue weighted by Gasteiger charge is -2.19. The lowest BCUT2D eigenvalue weighted by Crippen LogP contribution is -2.33. The van der Waals surface area contributed by atoms with Crippen LogP contribution in [0, 0.1) is 6.92 Å². The molecular weight excluding hydrogens is 254 g/mol. The largest absolute Gasteiger partial charge is 0.394 e. The SMILES string of the molecule is Cc1ccc(S(=O)(=O)O[C@@H](CO)CN(C)C)cc1. The van der Waals surface area contributed by atoms with E-state index in [2.05, 4.69) is 0 Å². The van der Waals surface area contributed by atoms with Gasteiger partial charge in [0.25, 0.3) is 10.1 Å². The van der Waals surface area contributed by atoms with Crippen molar-refractivity contribution >= 4 is 10.1 Å². The highest BCUT2D eigenvalue weighted by atomic mass is 32.2. The molecule has 1 aromatic rings. The summed E-state index contributed by atoms with van der Waals surface area (Å²) in [5, 5.41) is 9.11. The van der Waals surface area contributed by atoms with Gasteiger partial charge in [0, 0.05) is 6.54 Å². The van der Waals surface area contributed by atoms with Gasteiger partial charge in [-0.1, -0.05) is 17.7 Å².